The van der Waals surface area contributed by atoms with Crippen LogP contribution in [0.2, 0.25) is 0 Å². The van der Waals surface area contributed by atoms with E-state index >= 15 is 0 Å². The molecule has 1 aromatic heterocycles. The fourth-order valence-electron chi connectivity index (χ4n) is 5.08. The molecule has 1 unspecified atom stereocenters. The molecule has 178 valence electrons. The summed E-state index contributed by atoms with van der Waals surface area (Å²) < 4.78 is 7.57. The molecule has 2 aliphatic rings. The third kappa shape index (κ3) is 4.39. The summed E-state index contributed by atoms with van der Waals surface area (Å²) in [5.74, 6) is 2.42. The topological polar surface area (TPSA) is 67.7 Å². The van der Waals surface area contributed by atoms with Gasteiger partial charge in [0.1, 0.15) is 18.1 Å². The molecule has 0 spiro atoms. The Morgan fingerprint density at radius 2 is 1.82 bits per heavy atom. The zero-order valence-corrected chi connectivity index (χ0v) is 19.9. The predicted molar refractivity (Wildman–Crippen MR) is 132 cm³/mol. The monoisotopic (exact) mass is 460 g/mol. The summed E-state index contributed by atoms with van der Waals surface area (Å²) in [6.45, 7) is 7.24. The molecule has 0 bridgehead atoms. The van der Waals surface area contributed by atoms with Crippen molar-refractivity contribution < 1.29 is 14.3 Å². The zero-order valence-electron chi connectivity index (χ0n) is 19.9. The first-order chi connectivity index (χ1) is 16.5. The molecule has 0 radical (unpaired) electrons. The molecule has 7 heteroatoms. The minimum absolute atomic E-state index is 0.0688. The van der Waals surface area contributed by atoms with Crippen LogP contribution in [0.4, 0.5) is 5.69 Å². The lowest BCUT2D eigenvalue weighted by molar-refractivity contribution is -0.133. The molecular weight excluding hydrogens is 428 g/mol. The van der Waals surface area contributed by atoms with E-state index < -0.39 is 0 Å². The molecule has 3 aromatic rings. The first kappa shape index (κ1) is 22.4. The smallest absolute Gasteiger partial charge is 0.242 e. The van der Waals surface area contributed by atoms with Gasteiger partial charge in [-0.1, -0.05) is 19.1 Å². The van der Waals surface area contributed by atoms with Gasteiger partial charge >= 0.3 is 0 Å². The summed E-state index contributed by atoms with van der Waals surface area (Å²) in [4.78, 5) is 34.9. The number of benzene rings is 2. The second-order valence-electron chi connectivity index (χ2n) is 9.44. The van der Waals surface area contributed by atoms with E-state index in [2.05, 4.69) is 6.92 Å². The van der Waals surface area contributed by atoms with E-state index in [4.69, 9.17) is 9.72 Å². The Labute approximate surface area is 200 Å². The Morgan fingerprint density at radius 1 is 1.09 bits per heavy atom. The van der Waals surface area contributed by atoms with Gasteiger partial charge in [-0.15, -0.1) is 0 Å². The SMILES string of the molecule is CCOc1ccc(N2CC(c3nc4ccccc4n3CC(=O)N3CCC(C)CC3)CC2=O)cc1. The van der Waals surface area contributed by atoms with Gasteiger partial charge in [-0.2, -0.15) is 0 Å². The van der Waals surface area contributed by atoms with Crippen molar-refractivity contribution >= 4 is 28.5 Å². The summed E-state index contributed by atoms with van der Waals surface area (Å²) in [5, 5.41) is 0. The summed E-state index contributed by atoms with van der Waals surface area (Å²) in [7, 11) is 0. The molecule has 2 fully saturated rings. The number of rotatable bonds is 6. The summed E-state index contributed by atoms with van der Waals surface area (Å²) in [6, 6.07) is 15.6. The Kier molecular flexibility index (Phi) is 6.26. The second kappa shape index (κ2) is 9.49. The maximum Gasteiger partial charge on any atom is 0.242 e. The average Bonchev–Trinajstić information content (AvgIpc) is 3.41. The van der Waals surface area contributed by atoms with E-state index in [1.807, 2.05) is 69.8 Å². The Hall–Kier alpha value is -3.35. The van der Waals surface area contributed by atoms with Crippen LogP contribution in [0.25, 0.3) is 11.0 Å². The minimum atomic E-state index is -0.0688. The number of ether oxygens (including phenoxy) is 1. The highest BCUT2D eigenvalue weighted by atomic mass is 16.5. The van der Waals surface area contributed by atoms with Crippen molar-refractivity contribution in [3.05, 3.63) is 54.4 Å². The molecule has 0 aliphatic carbocycles. The van der Waals surface area contributed by atoms with Crippen LogP contribution in [0.1, 0.15) is 44.9 Å². The number of aromatic nitrogens is 2. The van der Waals surface area contributed by atoms with Crippen LogP contribution in [0, 0.1) is 5.92 Å². The predicted octanol–water partition coefficient (Wildman–Crippen LogP) is 4.21. The fraction of sp³-hybridized carbons (Fsp3) is 0.444. The second-order valence-corrected chi connectivity index (χ2v) is 9.44. The highest BCUT2D eigenvalue weighted by Gasteiger charge is 2.35. The molecule has 34 heavy (non-hydrogen) atoms. The lowest BCUT2D eigenvalue weighted by atomic mass is 9.99. The highest BCUT2D eigenvalue weighted by molar-refractivity contribution is 5.96. The number of imidazole rings is 1. The van der Waals surface area contributed by atoms with Crippen LogP contribution in [0.5, 0.6) is 5.75 Å². The number of fused-ring (bicyclic) bond motifs is 1. The molecule has 2 saturated heterocycles. The van der Waals surface area contributed by atoms with Crippen LogP contribution in [0.15, 0.2) is 48.5 Å². The number of hydrogen-bond acceptors (Lipinski definition) is 4. The third-order valence-electron chi connectivity index (χ3n) is 7.06. The number of carbonyl (C=O) groups excluding carboxylic acids is 2. The Balaban J connectivity index is 1.40. The Bertz CT molecular complexity index is 1180. The number of para-hydroxylation sites is 2. The number of likely N-dealkylation sites (tertiary alicyclic amines) is 1. The number of anilines is 1. The van der Waals surface area contributed by atoms with E-state index in [0.29, 0.717) is 25.5 Å². The van der Waals surface area contributed by atoms with Crippen molar-refractivity contribution in [2.45, 2.75) is 45.6 Å². The van der Waals surface area contributed by atoms with Crippen LogP contribution in [-0.2, 0) is 16.1 Å². The van der Waals surface area contributed by atoms with Gasteiger partial charge in [-0.05, 0) is 62.1 Å². The van der Waals surface area contributed by atoms with Gasteiger partial charge in [0.25, 0.3) is 0 Å². The number of piperidine rings is 1. The largest absolute Gasteiger partial charge is 0.494 e. The van der Waals surface area contributed by atoms with Crippen molar-refractivity contribution in [2.75, 3.05) is 31.1 Å². The number of nitrogens with zero attached hydrogens (tertiary/aromatic N) is 4. The molecule has 1 atom stereocenters. The maximum atomic E-state index is 13.2. The first-order valence-corrected chi connectivity index (χ1v) is 12.3. The maximum absolute atomic E-state index is 13.2. The van der Waals surface area contributed by atoms with E-state index in [1.54, 1.807) is 0 Å². The number of hydrogen-bond donors (Lipinski definition) is 0. The molecule has 0 saturated carbocycles. The van der Waals surface area contributed by atoms with E-state index in [-0.39, 0.29) is 24.3 Å². The molecule has 5 rings (SSSR count). The van der Waals surface area contributed by atoms with Gasteiger partial charge in [0, 0.05) is 37.7 Å². The van der Waals surface area contributed by atoms with Crippen molar-refractivity contribution in [2.24, 2.45) is 5.92 Å². The van der Waals surface area contributed by atoms with Gasteiger partial charge in [-0.3, -0.25) is 9.59 Å². The normalized spacial score (nSPS) is 19.2. The fourth-order valence-corrected chi connectivity index (χ4v) is 5.08. The van der Waals surface area contributed by atoms with E-state index in [1.165, 1.54) is 0 Å². The molecule has 0 N–H and O–H groups in total. The van der Waals surface area contributed by atoms with Crippen molar-refractivity contribution in [1.82, 2.24) is 14.5 Å². The number of amides is 2. The minimum Gasteiger partial charge on any atom is -0.494 e. The van der Waals surface area contributed by atoms with Crippen LogP contribution < -0.4 is 9.64 Å². The first-order valence-electron chi connectivity index (χ1n) is 12.3. The van der Waals surface area contributed by atoms with Crippen molar-refractivity contribution in [3.63, 3.8) is 0 Å². The van der Waals surface area contributed by atoms with Crippen LogP contribution in [0.3, 0.4) is 0 Å². The third-order valence-corrected chi connectivity index (χ3v) is 7.06. The molecular formula is C27H32N4O3. The highest BCUT2D eigenvalue weighted by Crippen LogP contribution is 2.34. The molecule has 2 aliphatic heterocycles. The average molecular weight is 461 g/mol. The van der Waals surface area contributed by atoms with Crippen LogP contribution in [-0.4, -0.2) is 52.5 Å². The Morgan fingerprint density at radius 3 is 2.56 bits per heavy atom. The van der Waals surface area contributed by atoms with Gasteiger partial charge in [0.2, 0.25) is 11.8 Å². The number of carbonyl (C=O) groups is 2. The molecule has 2 amide bonds. The lowest BCUT2D eigenvalue weighted by Gasteiger charge is -2.30. The van der Waals surface area contributed by atoms with Gasteiger partial charge in [0.05, 0.1) is 17.6 Å². The standard InChI is InChI=1S/C27H32N4O3/c1-3-34-22-10-8-21(9-11-22)30-17-20(16-25(30)32)27-28-23-6-4-5-7-24(23)31(27)18-26(33)29-14-12-19(2)13-15-29/h4-11,19-20H,3,12-18H2,1-2H3. The molecule has 7 nitrogen and oxygen atoms in total. The summed E-state index contributed by atoms with van der Waals surface area (Å²) >= 11 is 0. The van der Waals surface area contributed by atoms with Gasteiger partial charge in [-0.25, -0.2) is 4.98 Å². The molecule has 2 aromatic carbocycles. The van der Waals surface area contributed by atoms with Gasteiger partial charge < -0.3 is 19.1 Å². The van der Waals surface area contributed by atoms with Crippen molar-refractivity contribution in [3.8, 4) is 5.75 Å². The molecule has 3 heterocycles. The van der Waals surface area contributed by atoms with E-state index in [0.717, 1.165) is 54.2 Å². The van der Waals surface area contributed by atoms with Gasteiger partial charge in [0.15, 0.2) is 0 Å². The van der Waals surface area contributed by atoms with Crippen LogP contribution >= 0.6 is 0 Å². The van der Waals surface area contributed by atoms with Crippen molar-refractivity contribution in [1.29, 1.82) is 0 Å². The quantitative estimate of drug-likeness (QED) is 0.553. The summed E-state index contributed by atoms with van der Waals surface area (Å²) in [6.07, 6.45) is 2.49. The summed E-state index contributed by atoms with van der Waals surface area (Å²) in [5.41, 5.74) is 2.67. The van der Waals surface area contributed by atoms with E-state index in [9.17, 15) is 9.59 Å². The zero-order chi connectivity index (χ0) is 23.7. The lowest BCUT2D eigenvalue weighted by Crippen LogP contribution is -2.40.